The molecule has 6 aromatic rings. The van der Waals surface area contributed by atoms with Crippen LogP contribution in [0, 0.1) is 13.8 Å². The van der Waals surface area contributed by atoms with E-state index in [-0.39, 0.29) is 60.1 Å². The Morgan fingerprint density at radius 3 is 1.36 bits per heavy atom. The number of aromatic nitrogens is 2. The number of benzene rings is 4. The molecule has 0 saturated carbocycles. The summed E-state index contributed by atoms with van der Waals surface area (Å²) in [4.78, 5) is 29.9. The van der Waals surface area contributed by atoms with E-state index in [1.54, 1.807) is 36.4 Å². The van der Waals surface area contributed by atoms with Crippen molar-refractivity contribution in [2.24, 2.45) is 0 Å². The predicted molar refractivity (Wildman–Crippen MR) is 279 cm³/mol. The normalized spacial score (nSPS) is 10.9. The smallest absolute Gasteiger partial charge is 0.247 e. The number of anilines is 6. The molecule has 0 radical (unpaired) electrons. The molecular weight excluding hydrogens is 996 g/mol. The Bertz CT molecular complexity index is 2820. The molecule has 2 aromatic heterocycles. The fourth-order valence-electron chi connectivity index (χ4n) is 6.00. The number of carbonyl (C=O) groups excluding carboxylic acids is 2. The molecule has 4 aromatic carbocycles. The third-order valence-corrected chi connectivity index (χ3v) is 11.1. The van der Waals surface area contributed by atoms with Crippen LogP contribution in [0.15, 0.2) is 111 Å². The Morgan fingerprint density at radius 1 is 0.623 bits per heavy atom. The predicted octanol–water partition coefficient (Wildman–Crippen LogP) is 14.5. The molecule has 0 atom stereocenters. The van der Waals surface area contributed by atoms with Gasteiger partial charge in [0.2, 0.25) is 11.1 Å². The van der Waals surface area contributed by atoms with E-state index < -0.39 is 16.9 Å². The lowest BCUT2D eigenvalue weighted by Gasteiger charge is -2.15. The Balaban J connectivity index is 0.000000275. The maximum absolute atomic E-state index is 15.2. The molecule has 12 nitrogen and oxygen atoms in total. The van der Waals surface area contributed by atoms with Crippen LogP contribution in [0.4, 0.5) is 43.2 Å². The van der Waals surface area contributed by atoms with Gasteiger partial charge in [0.1, 0.15) is 46.3 Å². The van der Waals surface area contributed by atoms with Gasteiger partial charge < -0.3 is 40.6 Å². The molecule has 0 aliphatic heterocycles. The Morgan fingerprint density at radius 2 is 1.01 bits per heavy atom. The van der Waals surface area contributed by atoms with Crippen molar-refractivity contribution in [3.05, 3.63) is 164 Å². The van der Waals surface area contributed by atoms with Crippen molar-refractivity contribution in [2.75, 3.05) is 50.1 Å². The number of methoxy groups -OCH3 is 4. The third-order valence-electron chi connectivity index (χ3n) is 9.47. The van der Waals surface area contributed by atoms with Crippen LogP contribution >= 0.6 is 58.0 Å². The number of amides is 1. The minimum Gasteiger partial charge on any atom is -0.495 e. The number of nitrogens with two attached hydrogens (primary N) is 1. The number of para-hydroxylation sites is 2. The number of carbonyl (C=O) groups is 2. The van der Waals surface area contributed by atoms with E-state index in [0.29, 0.717) is 39.8 Å². The van der Waals surface area contributed by atoms with Gasteiger partial charge in [-0.15, -0.1) is 0 Å². The molecule has 0 bridgehead atoms. The summed E-state index contributed by atoms with van der Waals surface area (Å²) in [7, 11) is 5.68. The van der Waals surface area contributed by atoms with E-state index in [0.717, 1.165) is 22.9 Å². The lowest BCUT2D eigenvalue weighted by atomic mass is 10.1. The molecule has 6 rings (SSSR count). The zero-order chi connectivity index (χ0) is 50.9. The number of aryl methyl sites for hydroxylation is 2. The summed E-state index contributed by atoms with van der Waals surface area (Å²) < 4.78 is 51.0. The molecule has 1 amide bonds. The van der Waals surface area contributed by atoms with Gasteiger partial charge >= 0.3 is 0 Å². The Labute approximate surface area is 423 Å². The first-order chi connectivity index (χ1) is 32.9. The summed E-state index contributed by atoms with van der Waals surface area (Å²) in [6, 6.07) is 20.9. The standard InChI is InChI=1S/C25H22Cl2FN3O3.C22H20Cl2FN3O2.C3H3ClO/c1-5-21(32)30-17-8-6-7-14(2)25(17)31-20-10-9-15(13-29-20)11-16(28)22-23(26)18(33-3)12-19(34-4)24(22)27;1-12-5-4-6-15(26)22(12)28-18-8-7-13(11-27-18)9-14(25)19-20(23)16(29-2)10-17(30-3)21(19)24;1-2-3(4)5/h5-13H,1H2,2-4H3,(H,29,31)(H,30,32);4-11H,26H2,1-3H3,(H,27,28);2H,1H2/b16-11-;14-9-;. The highest BCUT2D eigenvalue weighted by atomic mass is 35.5. The maximum atomic E-state index is 15.2. The van der Waals surface area contributed by atoms with Crippen molar-refractivity contribution in [3.8, 4) is 23.0 Å². The zero-order valence-corrected chi connectivity index (χ0v) is 41.7. The van der Waals surface area contributed by atoms with Crippen LogP contribution in [0.2, 0.25) is 20.1 Å². The van der Waals surface area contributed by atoms with Crippen LogP contribution in [0.1, 0.15) is 33.4 Å². The molecule has 0 spiro atoms. The van der Waals surface area contributed by atoms with Gasteiger partial charge in [-0.2, -0.15) is 0 Å². The van der Waals surface area contributed by atoms with Crippen molar-refractivity contribution < 1.29 is 37.3 Å². The van der Waals surface area contributed by atoms with Crippen LogP contribution in [-0.2, 0) is 9.59 Å². The third kappa shape index (κ3) is 14.6. The number of nitrogens with one attached hydrogen (secondary N) is 3. The topological polar surface area (TPSA) is 159 Å². The maximum Gasteiger partial charge on any atom is 0.247 e. The average molecular weight is 1040 g/mol. The van der Waals surface area contributed by atoms with E-state index in [1.807, 2.05) is 38.1 Å². The van der Waals surface area contributed by atoms with Crippen molar-refractivity contribution in [2.45, 2.75) is 13.8 Å². The van der Waals surface area contributed by atoms with Crippen molar-refractivity contribution in [1.29, 1.82) is 0 Å². The largest absolute Gasteiger partial charge is 0.495 e. The SMILES string of the molecule is C=CC(=O)Cl.C=CC(=O)Nc1cccc(C)c1Nc1ccc(/C=C(\F)c2c(Cl)c(OC)cc(OC)c2Cl)cn1.COc1cc(OC)c(Cl)c(/C(F)=C/c2ccc(Nc3c(C)cccc3N)nc2)c1Cl. The van der Waals surface area contributed by atoms with Gasteiger partial charge in [-0.1, -0.05) is 83.8 Å². The fourth-order valence-corrected chi connectivity index (χ4v) is 7.36. The number of hydrogen-bond acceptors (Lipinski definition) is 11. The van der Waals surface area contributed by atoms with Gasteiger partial charge in [-0.3, -0.25) is 9.59 Å². The number of pyridine rings is 2. The Hall–Kier alpha value is -6.81. The number of nitrogens with zero attached hydrogens (tertiary/aromatic N) is 2. The van der Waals surface area contributed by atoms with Gasteiger partial charge in [0, 0.05) is 24.5 Å². The summed E-state index contributed by atoms with van der Waals surface area (Å²) in [5, 5.41) is 8.77. The fraction of sp³-hybridized carbons (Fsp3) is 0.120. The van der Waals surface area contributed by atoms with E-state index >= 15 is 8.78 Å². The van der Waals surface area contributed by atoms with E-state index in [1.165, 1.54) is 71.2 Å². The second-order valence-corrected chi connectivity index (χ2v) is 15.9. The minimum atomic E-state index is -0.678. The first-order valence-electron chi connectivity index (χ1n) is 20.0. The summed E-state index contributed by atoms with van der Waals surface area (Å²) in [5.41, 5.74) is 11.5. The van der Waals surface area contributed by atoms with E-state index in [2.05, 4.69) is 39.1 Å². The van der Waals surface area contributed by atoms with Crippen molar-refractivity contribution in [3.63, 3.8) is 0 Å². The molecule has 0 saturated heterocycles. The van der Waals surface area contributed by atoms with E-state index in [4.69, 9.17) is 82.7 Å². The zero-order valence-electron chi connectivity index (χ0n) is 37.9. The van der Waals surface area contributed by atoms with Crippen LogP contribution < -0.4 is 40.6 Å². The molecule has 0 aliphatic rings. The number of ether oxygens (including phenoxy) is 4. The van der Waals surface area contributed by atoms with Crippen LogP contribution in [0.3, 0.4) is 0 Å². The molecule has 0 fully saturated rings. The molecular formula is C50H45Cl5F2N6O6. The van der Waals surface area contributed by atoms with Gasteiger partial charge in [0.25, 0.3) is 0 Å². The average Bonchev–Trinajstić information content (AvgIpc) is 3.33. The molecule has 0 unspecified atom stereocenters. The summed E-state index contributed by atoms with van der Waals surface area (Å²) in [6.45, 7) is 10.4. The lowest BCUT2D eigenvalue weighted by Crippen LogP contribution is -2.10. The minimum absolute atomic E-state index is 0.00980. The van der Waals surface area contributed by atoms with E-state index in [9.17, 15) is 9.59 Å². The van der Waals surface area contributed by atoms with Gasteiger partial charge in [-0.05, 0) is 108 Å². The number of nitrogen functional groups attached to an aromatic ring is 1. The van der Waals surface area contributed by atoms with Crippen LogP contribution in [0.5, 0.6) is 23.0 Å². The van der Waals surface area contributed by atoms with Crippen LogP contribution in [-0.4, -0.2) is 49.6 Å². The first kappa shape index (κ1) is 54.8. The summed E-state index contributed by atoms with van der Waals surface area (Å²) in [6.07, 6.45) is 7.78. The number of halogens is 7. The quantitative estimate of drug-likeness (QED) is 0.0441. The molecule has 5 N–H and O–H groups in total. The summed E-state index contributed by atoms with van der Waals surface area (Å²) in [5.74, 6) is 0.399. The highest BCUT2D eigenvalue weighted by molar-refractivity contribution is 6.66. The molecule has 0 aliphatic carbocycles. The number of rotatable bonds is 15. The lowest BCUT2D eigenvalue weighted by molar-refractivity contribution is -0.112. The van der Waals surface area contributed by atoms with Crippen molar-refractivity contribution >= 4 is 127 Å². The van der Waals surface area contributed by atoms with Crippen molar-refractivity contribution in [1.82, 2.24) is 9.97 Å². The number of hydrogen-bond donors (Lipinski definition) is 4. The highest BCUT2D eigenvalue weighted by Gasteiger charge is 2.22. The molecule has 19 heteroatoms. The Kier molecular flexibility index (Phi) is 20.7. The van der Waals surface area contributed by atoms with Crippen LogP contribution in [0.25, 0.3) is 23.8 Å². The highest BCUT2D eigenvalue weighted by Crippen LogP contribution is 2.46. The second kappa shape index (κ2) is 26.1. The van der Waals surface area contributed by atoms with Gasteiger partial charge in [-0.25, -0.2) is 18.7 Å². The summed E-state index contributed by atoms with van der Waals surface area (Å²) >= 11 is 29.8. The number of allylic oxidation sites excluding steroid dienone is 1. The molecule has 360 valence electrons. The molecule has 69 heavy (non-hydrogen) atoms. The molecule has 2 heterocycles. The second-order valence-electron chi connectivity index (χ2n) is 14.0. The first-order valence-corrected chi connectivity index (χ1v) is 21.9. The monoisotopic (exact) mass is 1040 g/mol. The van der Waals surface area contributed by atoms with Gasteiger partial charge in [0.05, 0.1) is 82.4 Å². The van der Waals surface area contributed by atoms with Gasteiger partial charge in [0.15, 0.2) is 0 Å².